The average Bonchev–Trinajstić information content (AvgIpc) is 2.29. The molecule has 0 saturated carbocycles. The van der Waals surface area contributed by atoms with Crippen molar-refractivity contribution in [1.29, 1.82) is 0 Å². The molecule has 1 aromatic rings. The average molecular weight is 401 g/mol. The monoisotopic (exact) mass is 399 g/mol. The minimum Gasteiger partial charge on any atom is -0.396 e. The lowest BCUT2D eigenvalue weighted by molar-refractivity contribution is 0.271. The SMILES string of the molecule is CCN(CCCO)S(=O)(=O)c1ccc(Br)cc1Br. The van der Waals surface area contributed by atoms with Crippen LogP contribution in [0.5, 0.6) is 0 Å². The van der Waals surface area contributed by atoms with E-state index in [0.717, 1.165) is 4.47 Å². The molecule has 0 unspecified atom stereocenters. The van der Waals surface area contributed by atoms with E-state index in [1.54, 1.807) is 25.1 Å². The van der Waals surface area contributed by atoms with Crippen LogP contribution in [0.3, 0.4) is 0 Å². The molecule has 0 saturated heterocycles. The molecule has 0 spiro atoms. The van der Waals surface area contributed by atoms with Gasteiger partial charge in [-0.25, -0.2) is 8.42 Å². The van der Waals surface area contributed by atoms with E-state index in [1.807, 2.05) is 0 Å². The first-order chi connectivity index (χ1) is 8.43. The number of nitrogens with zero attached hydrogens (tertiary/aromatic N) is 1. The molecule has 0 heterocycles. The summed E-state index contributed by atoms with van der Waals surface area (Å²) in [6.07, 6.45) is 0.432. The molecule has 102 valence electrons. The summed E-state index contributed by atoms with van der Waals surface area (Å²) >= 11 is 6.55. The van der Waals surface area contributed by atoms with Crippen LogP contribution >= 0.6 is 31.9 Å². The van der Waals surface area contributed by atoms with E-state index in [1.165, 1.54) is 4.31 Å². The quantitative estimate of drug-likeness (QED) is 0.798. The molecule has 0 radical (unpaired) electrons. The van der Waals surface area contributed by atoms with Gasteiger partial charge in [-0.05, 0) is 40.5 Å². The summed E-state index contributed by atoms with van der Waals surface area (Å²) in [5.41, 5.74) is 0. The Kier molecular flexibility index (Phi) is 6.26. The summed E-state index contributed by atoms with van der Waals surface area (Å²) in [4.78, 5) is 0.241. The Bertz CT molecular complexity index is 505. The maximum absolute atomic E-state index is 12.4. The first-order valence-corrected chi connectivity index (χ1v) is 8.52. The van der Waals surface area contributed by atoms with Crippen molar-refractivity contribution < 1.29 is 13.5 Å². The van der Waals surface area contributed by atoms with Crippen LogP contribution in [0.4, 0.5) is 0 Å². The van der Waals surface area contributed by atoms with E-state index in [4.69, 9.17) is 5.11 Å². The van der Waals surface area contributed by atoms with Gasteiger partial charge in [0.2, 0.25) is 10.0 Å². The number of hydrogen-bond donors (Lipinski definition) is 1. The molecule has 1 N–H and O–H groups in total. The standard InChI is InChI=1S/C11H15Br2NO3S/c1-2-14(6-3-7-15)18(16,17)11-5-4-9(12)8-10(11)13/h4-5,8,15H,2-3,6-7H2,1H3. The Morgan fingerprint density at radius 1 is 1.33 bits per heavy atom. The number of aliphatic hydroxyl groups is 1. The summed E-state index contributed by atoms with van der Waals surface area (Å²) in [6.45, 7) is 2.46. The molecule has 0 aliphatic heterocycles. The maximum atomic E-state index is 12.4. The van der Waals surface area contributed by atoms with E-state index < -0.39 is 10.0 Å². The molecule has 0 aliphatic rings. The van der Waals surface area contributed by atoms with Crippen molar-refractivity contribution in [2.24, 2.45) is 0 Å². The molecule has 0 atom stereocenters. The Hall–Kier alpha value is 0.0500. The highest BCUT2D eigenvalue weighted by atomic mass is 79.9. The molecule has 4 nitrogen and oxygen atoms in total. The second-order valence-corrected chi connectivity index (χ2v) is 7.32. The predicted octanol–water partition coefficient (Wildman–Crippen LogP) is 2.60. The number of hydrogen-bond acceptors (Lipinski definition) is 3. The third-order valence-corrected chi connectivity index (χ3v) is 5.87. The molecule has 0 aliphatic carbocycles. The fraction of sp³-hybridized carbons (Fsp3) is 0.455. The summed E-state index contributed by atoms with van der Waals surface area (Å²) in [5, 5.41) is 8.80. The van der Waals surface area contributed by atoms with Gasteiger partial charge in [0, 0.05) is 28.6 Å². The van der Waals surface area contributed by atoms with E-state index >= 15 is 0 Å². The Balaban J connectivity index is 3.10. The maximum Gasteiger partial charge on any atom is 0.244 e. The van der Waals surface area contributed by atoms with E-state index in [2.05, 4.69) is 31.9 Å². The number of benzene rings is 1. The molecule has 18 heavy (non-hydrogen) atoms. The fourth-order valence-corrected chi connectivity index (χ4v) is 4.71. The third kappa shape index (κ3) is 3.77. The van der Waals surface area contributed by atoms with Crippen molar-refractivity contribution in [2.45, 2.75) is 18.2 Å². The highest BCUT2D eigenvalue weighted by Gasteiger charge is 2.24. The topological polar surface area (TPSA) is 57.6 Å². The van der Waals surface area contributed by atoms with Gasteiger partial charge in [-0.1, -0.05) is 22.9 Å². The molecule has 0 aromatic heterocycles. The molecule has 1 rings (SSSR count). The number of rotatable bonds is 6. The lowest BCUT2D eigenvalue weighted by Gasteiger charge is -2.20. The van der Waals surface area contributed by atoms with Crippen LogP contribution in [-0.4, -0.2) is 37.5 Å². The van der Waals surface area contributed by atoms with Gasteiger partial charge < -0.3 is 5.11 Å². The van der Waals surface area contributed by atoms with Crippen LogP contribution in [0.1, 0.15) is 13.3 Å². The number of sulfonamides is 1. The molecular weight excluding hydrogens is 386 g/mol. The summed E-state index contributed by atoms with van der Waals surface area (Å²) in [6, 6.07) is 4.95. The Morgan fingerprint density at radius 2 is 2.00 bits per heavy atom. The van der Waals surface area contributed by atoms with Gasteiger partial charge in [-0.3, -0.25) is 0 Å². The normalized spacial score (nSPS) is 12.1. The van der Waals surface area contributed by atoms with Crippen LogP contribution < -0.4 is 0 Å². The summed E-state index contributed by atoms with van der Waals surface area (Å²) in [5.74, 6) is 0. The van der Waals surface area contributed by atoms with Gasteiger partial charge in [-0.15, -0.1) is 0 Å². The Morgan fingerprint density at radius 3 is 2.50 bits per heavy atom. The predicted molar refractivity (Wildman–Crippen MR) is 78.0 cm³/mol. The van der Waals surface area contributed by atoms with E-state index in [-0.39, 0.29) is 11.5 Å². The van der Waals surface area contributed by atoms with Crippen molar-refractivity contribution in [2.75, 3.05) is 19.7 Å². The highest BCUT2D eigenvalue weighted by molar-refractivity contribution is 9.11. The first kappa shape index (κ1) is 16.1. The van der Waals surface area contributed by atoms with Crippen LogP contribution in [0.2, 0.25) is 0 Å². The number of aliphatic hydroxyl groups excluding tert-OH is 1. The zero-order valence-electron chi connectivity index (χ0n) is 9.94. The second kappa shape index (κ2) is 7.00. The van der Waals surface area contributed by atoms with Crippen molar-refractivity contribution in [1.82, 2.24) is 4.31 Å². The largest absolute Gasteiger partial charge is 0.396 e. The minimum absolute atomic E-state index is 0.0203. The molecule has 0 amide bonds. The lowest BCUT2D eigenvalue weighted by Crippen LogP contribution is -2.32. The molecule has 0 fully saturated rings. The fourth-order valence-electron chi connectivity index (χ4n) is 1.52. The zero-order valence-corrected chi connectivity index (χ0v) is 13.9. The van der Waals surface area contributed by atoms with Crippen molar-refractivity contribution >= 4 is 41.9 Å². The summed E-state index contributed by atoms with van der Waals surface area (Å²) in [7, 11) is -3.52. The van der Waals surface area contributed by atoms with Gasteiger partial charge >= 0.3 is 0 Å². The molecule has 1 aromatic carbocycles. The van der Waals surface area contributed by atoms with Gasteiger partial charge in [-0.2, -0.15) is 4.31 Å². The summed E-state index contributed by atoms with van der Waals surface area (Å²) < 4.78 is 27.5. The van der Waals surface area contributed by atoms with Crippen LogP contribution in [0.25, 0.3) is 0 Å². The van der Waals surface area contributed by atoms with Crippen LogP contribution in [0, 0.1) is 0 Å². The second-order valence-electron chi connectivity index (χ2n) is 3.65. The van der Waals surface area contributed by atoms with Crippen molar-refractivity contribution in [3.05, 3.63) is 27.1 Å². The van der Waals surface area contributed by atoms with Gasteiger partial charge in [0.25, 0.3) is 0 Å². The van der Waals surface area contributed by atoms with Crippen molar-refractivity contribution in [3.63, 3.8) is 0 Å². The zero-order chi connectivity index (χ0) is 13.8. The van der Waals surface area contributed by atoms with Gasteiger partial charge in [0.05, 0.1) is 4.90 Å². The minimum atomic E-state index is -3.52. The first-order valence-electron chi connectivity index (χ1n) is 5.49. The smallest absolute Gasteiger partial charge is 0.244 e. The van der Waals surface area contributed by atoms with Gasteiger partial charge in [0.15, 0.2) is 0 Å². The Labute approximate surface area is 124 Å². The van der Waals surface area contributed by atoms with Gasteiger partial charge in [0.1, 0.15) is 0 Å². The van der Waals surface area contributed by atoms with Crippen molar-refractivity contribution in [3.8, 4) is 0 Å². The molecule has 0 bridgehead atoms. The highest BCUT2D eigenvalue weighted by Crippen LogP contribution is 2.28. The third-order valence-electron chi connectivity index (χ3n) is 2.43. The lowest BCUT2D eigenvalue weighted by atomic mass is 10.4. The van der Waals surface area contributed by atoms with Crippen LogP contribution in [0.15, 0.2) is 32.0 Å². The van der Waals surface area contributed by atoms with Crippen LogP contribution in [-0.2, 0) is 10.0 Å². The number of halogens is 2. The van der Waals surface area contributed by atoms with E-state index in [9.17, 15) is 8.42 Å². The molecular formula is C11H15Br2NO3S. The van der Waals surface area contributed by atoms with E-state index in [0.29, 0.717) is 24.0 Å². The molecule has 7 heteroatoms.